The minimum absolute atomic E-state index is 0.247. The predicted octanol–water partition coefficient (Wildman–Crippen LogP) is 4.52. The molecule has 1 nitrogen and oxygen atoms in total. The van der Waals surface area contributed by atoms with Gasteiger partial charge >= 0.3 is 0 Å². The number of hydrogen-bond acceptors (Lipinski definition) is 1. The van der Waals surface area contributed by atoms with E-state index in [1.54, 1.807) is 0 Å². The summed E-state index contributed by atoms with van der Waals surface area (Å²) in [5, 5.41) is 3.76. The van der Waals surface area contributed by atoms with Gasteiger partial charge in [0.15, 0.2) is 0 Å². The molecular formula is C18H29N. The van der Waals surface area contributed by atoms with Crippen molar-refractivity contribution < 1.29 is 0 Å². The van der Waals surface area contributed by atoms with Crippen LogP contribution in [0.1, 0.15) is 58.9 Å². The maximum absolute atomic E-state index is 3.76. The number of rotatable bonds is 7. The van der Waals surface area contributed by atoms with Gasteiger partial charge in [-0.15, -0.1) is 0 Å². The van der Waals surface area contributed by atoms with Crippen molar-refractivity contribution in [3.8, 4) is 0 Å². The average molecular weight is 259 g/mol. The van der Waals surface area contributed by atoms with Crippen LogP contribution in [0.25, 0.3) is 0 Å². The highest BCUT2D eigenvalue weighted by atomic mass is 14.9. The van der Waals surface area contributed by atoms with E-state index < -0.39 is 0 Å². The van der Waals surface area contributed by atoms with Gasteiger partial charge < -0.3 is 5.32 Å². The molecule has 0 heterocycles. The van der Waals surface area contributed by atoms with E-state index in [2.05, 4.69) is 63.3 Å². The van der Waals surface area contributed by atoms with E-state index in [1.807, 2.05) is 0 Å². The van der Waals surface area contributed by atoms with Gasteiger partial charge in [0.05, 0.1) is 0 Å². The topological polar surface area (TPSA) is 12.0 Å². The molecule has 1 aliphatic rings. The van der Waals surface area contributed by atoms with Gasteiger partial charge in [0.25, 0.3) is 0 Å². The molecule has 19 heavy (non-hydrogen) atoms. The van der Waals surface area contributed by atoms with E-state index in [9.17, 15) is 0 Å². The second-order valence-electron chi connectivity index (χ2n) is 7.09. The molecule has 1 aliphatic carbocycles. The zero-order chi connectivity index (χ0) is 13.9. The van der Waals surface area contributed by atoms with Crippen LogP contribution >= 0.6 is 0 Å². The quantitative estimate of drug-likeness (QED) is 0.759. The molecule has 0 saturated heterocycles. The molecule has 0 aromatic heterocycles. The van der Waals surface area contributed by atoms with E-state index in [0.717, 1.165) is 0 Å². The highest BCUT2D eigenvalue weighted by molar-refractivity contribution is 5.23. The summed E-state index contributed by atoms with van der Waals surface area (Å²) in [5.41, 5.74) is 2.34. The minimum Gasteiger partial charge on any atom is -0.314 e. The highest BCUT2D eigenvalue weighted by Gasteiger charge is 2.40. The second-order valence-corrected chi connectivity index (χ2v) is 7.09. The third-order valence-corrected chi connectivity index (χ3v) is 4.90. The molecule has 0 aliphatic heterocycles. The third-order valence-electron chi connectivity index (χ3n) is 4.90. The fraction of sp³-hybridized carbons (Fsp3) is 0.667. The van der Waals surface area contributed by atoms with Gasteiger partial charge in [-0.1, -0.05) is 51.1 Å². The lowest BCUT2D eigenvalue weighted by Crippen LogP contribution is -2.36. The first-order valence-electron chi connectivity index (χ1n) is 7.76. The lowest BCUT2D eigenvalue weighted by atomic mass is 9.79. The Hall–Kier alpha value is -0.820. The maximum Gasteiger partial charge on any atom is 0.00472 e. The van der Waals surface area contributed by atoms with Crippen molar-refractivity contribution in [3.63, 3.8) is 0 Å². The monoisotopic (exact) mass is 259 g/mol. The first-order chi connectivity index (χ1) is 8.97. The fourth-order valence-electron chi connectivity index (χ4n) is 3.07. The van der Waals surface area contributed by atoms with Crippen molar-refractivity contribution in [2.45, 2.75) is 64.8 Å². The Morgan fingerprint density at radius 1 is 1.21 bits per heavy atom. The summed E-state index contributed by atoms with van der Waals surface area (Å²) >= 11 is 0. The summed E-state index contributed by atoms with van der Waals surface area (Å²) in [4.78, 5) is 0. The first kappa shape index (κ1) is 14.6. The molecule has 1 heteroatoms. The summed E-state index contributed by atoms with van der Waals surface area (Å²) in [6.45, 7) is 10.6. The summed E-state index contributed by atoms with van der Waals surface area (Å²) < 4.78 is 0. The number of nitrogens with one attached hydrogen (secondary N) is 1. The molecule has 0 bridgehead atoms. The van der Waals surface area contributed by atoms with Crippen LogP contribution in [0.3, 0.4) is 0 Å². The molecule has 106 valence electrons. The lowest BCUT2D eigenvalue weighted by molar-refractivity contribution is 0.351. The standard InChI is InChI=1S/C18H29N/c1-5-18(11-12-18)14-19-15(2)13-17(3,4)16-9-7-6-8-10-16/h6-10,15,19H,5,11-14H2,1-4H3. The zero-order valence-corrected chi connectivity index (χ0v) is 13.0. The molecule has 1 saturated carbocycles. The average Bonchev–Trinajstić information content (AvgIpc) is 3.18. The molecule has 1 aromatic carbocycles. The van der Waals surface area contributed by atoms with Crippen LogP contribution in [0.5, 0.6) is 0 Å². The van der Waals surface area contributed by atoms with Crippen LogP contribution in [0.15, 0.2) is 30.3 Å². The number of benzene rings is 1. The van der Waals surface area contributed by atoms with Crippen LogP contribution in [0.2, 0.25) is 0 Å². The van der Waals surface area contributed by atoms with E-state index in [4.69, 9.17) is 0 Å². The SMILES string of the molecule is CCC1(CNC(C)CC(C)(C)c2ccccc2)CC1. The molecule has 2 rings (SSSR count). The van der Waals surface area contributed by atoms with Gasteiger partial charge in [0.1, 0.15) is 0 Å². The highest BCUT2D eigenvalue weighted by Crippen LogP contribution is 2.48. The van der Waals surface area contributed by atoms with Crippen LogP contribution in [-0.2, 0) is 5.41 Å². The van der Waals surface area contributed by atoms with Crippen molar-refractivity contribution in [1.82, 2.24) is 5.32 Å². The van der Waals surface area contributed by atoms with E-state index in [0.29, 0.717) is 11.5 Å². The van der Waals surface area contributed by atoms with Crippen molar-refractivity contribution in [2.24, 2.45) is 5.41 Å². The van der Waals surface area contributed by atoms with Gasteiger partial charge in [-0.05, 0) is 49.0 Å². The molecule has 1 fully saturated rings. The Bertz CT molecular complexity index is 389. The van der Waals surface area contributed by atoms with Gasteiger partial charge in [-0.3, -0.25) is 0 Å². The molecule has 0 radical (unpaired) electrons. The zero-order valence-electron chi connectivity index (χ0n) is 13.0. The normalized spacial score (nSPS) is 19.2. The van der Waals surface area contributed by atoms with Crippen LogP contribution in [0, 0.1) is 5.41 Å². The van der Waals surface area contributed by atoms with Gasteiger partial charge in [0, 0.05) is 12.6 Å². The molecular weight excluding hydrogens is 230 g/mol. The van der Waals surface area contributed by atoms with Crippen LogP contribution in [-0.4, -0.2) is 12.6 Å². The van der Waals surface area contributed by atoms with E-state index >= 15 is 0 Å². The number of hydrogen-bond donors (Lipinski definition) is 1. The Morgan fingerprint density at radius 3 is 2.37 bits per heavy atom. The molecule has 1 aromatic rings. The second kappa shape index (κ2) is 5.66. The summed E-state index contributed by atoms with van der Waals surface area (Å²) in [6.07, 6.45) is 5.36. The van der Waals surface area contributed by atoms with E-state index in [-0.39, 0.29) is 5.41 Å². The summed E-state index contributed by atoms with van der Waals surface area (Å²) in [6, 6.07) is 11.5. The molecule has 0 spiro atoms. The fourth-order valence-corrected chi connectivity index (χ4v) is 3.07. The molecule has 1 N–H and O–H groups in total. The lowest BCUT2D eigenvalue weighted by Gasteiger charge is -2.30. The Kier molecular flexibility index (Phi) is 4.35. The molecule has 0 amide bonds. The Labute approximate surface area is 118 Å². The Balaban J connectivity index is 1.85. The van der Waals surface area contributed by atoms with Gasteiger partial charge in [0.2, 0.25) is 0 Å². The molecule has 1 unspecified atom stereocenters. The van der Waals surface area contributed by atoms with Crippen LogP contribution in [0.4, 0.5) is 0 Å². The summed E-state index contributed by atoms with van der Waals surface area (Å²) in [7, 11) is 0. The van der Waals surface area contributed by atoms with E-state index in [1.165, 1.54) is 37.8 Å². The molecule has 1 atom stereocenters. The van der Waals surface area contributed by atoms with Crippen molar-refractivity contribution in [2.75, 3.05) is 6.54 Å². The third kappa shape index (κ3) is 3.82. The summed E-state index contributed by atoms with van der Waals surface area (Å²) in [5.74, 6) is 0. The largest absolute Gasteiger partial charge is 0.314 e. The Morgan fingerprint density at radius 2 is 1.84 bits per heavy atom. The predicted molar refractivity (Wildman–Crippen MR) is 83.5 cm³/mol. The first-order valence-corrected chi connectivity index (χ1v) is 7.76. The van der Waals surface area contributed by atoms with Crippen molar-refractivity contribution >= 4 is 0 Å². The van der Waals surface area contributed by atoms with Crippen molar-refractivity contribution in [1.29, 1.82) is 0 Å². The minimum atomic E-state index is 0.247. The van der Waals surface area contributed by atoms with Crippen molar-refractivity contribution in [3.05, 3.63) is 35.9 Å². The van der Waals surface area contributed by atoms with Gasteiger partial charge in [-0.2, -0.15) is 0 Å². The smallest absolute Gasteiger partial charge is 0.00472 e. The van der Waals surface area contributed by atoms with Gasteiger partial charge in [-0.25, -0.2) is 0 Å². The maximum atomic E-state index is 3.76. The van der Waals surface area contributed by atoms with Crippen LogP contribution < -0.4 is 5.32 Å².